The lowest BCUT2D eigenvalue weighted by Crippen LogP contribution is -2.30. The molecule has 2 aromatic rings. The maximum atomic E-state index is 12.3. The van der Waals surface area contributed by atoms with Gasteiger partial charge >= 0.3 is 5.97 Å². The number of amides is 1. The Morgan fingerprint density at radius 3 is 2.54 bits per heavy atom. The lowest BCUT2D eigenvalue weighted by Gasteiger charge is -2.15. The maximum Gasteiger partial charge on any atom is 0.338 e. The molecule has 0 heterocycles. The van der Waals surface area contributed by atoms with E-state index >= 15 is 0 Å². The number of benzene rings is 2. The number of rotatable bonds is 8. The summed E-state index contributed by atoms with van der Waals surface area (Å²) in [5.41, 5.74) is 2.06. The fourth-order valence-electron chi connectivity index (χ4n) is 2.23. The minimum atomic E-state index is -0.669. The number of carbonyl (C=O) groups is 2. The van der Waals surface area contributed by atoms with Gasteiger partial charge in [-0.05, 0) is 50.6 Å². The van der Waals surface area contributed by atoms with E-state index in [1.54, 1.807) is 31.2 Å². The average molecular weight is 355 g/mol. The van der Waals surface area contributed by atoms with Gasteiger partial charge in [0.2, 0.25) is 0 Å². The van der Waals surface area contributed by atoms with Crippen LogP contribution in [0.15, 0.2) is 48.5 Å². The highest BCUT2D eigenvalue weighted by Crippen LogP contribution is 2.16. The Hall–Kier alpha value is -2.82. The van der Waals surface area contributed by atoms with Gasteiger partial charge in [0.05, 0.1) is 12.2 Å². The molecule has 0 aliphatic heterocycles. The molecule has 26 heavy (non-hydrogen) atoms. The van der Waals surface area contributed by atoms with Crippen LogP contribution in [0.1, 0.15) is 42.6 Å². The molecule has 1 unspecified atom stereocenters. The van der Waals surface area contributed by atoms with E-state index in [0.717, 1.165) is 18.4 Å². The minimum absolute atomic E-state index is 0.290. The number of anilines is 1. The second-order valence-corrected chi connectivity index (χ2v) is 6.13. The molecule has 0 aromatic heterocycles. The molecule has 138 valence electrons. The van der Waals surface area contributed by atoms with Crippen molar-refractivity contribution in [1.29, 1.82) is 0 Å². The van der Waals surface area contributed by atoms with Gasteiger partial charge in [-0.15, -0.1) is 0 Å². The van der Waals surface area contributed by atoms with Gasteiger partial charge in [-0.25, -0.2) is 4.79 Å². The van der Waals surface area contributed by atoms with Crippen molar-refractivity contribution in [1.82, 2.24) is 0 Å². The predicted molar refractivity (Wildman–Crippen MR) is 102 cm³/mol. The lowest BCUT2D eigenvalue weighted by atomic mass is 10.2. The second kappa shape index (κ2) is 9.61. The Kier molecular flexibility index (Phi) is 7.21. The van der Waals surface area contributed by atoms with Crippen LogP contribution >= 0.6 is 0 Å². The first kappa shape index (κ1) is 19.5. The molecule has 1 N–H and O–H groups in total. The van der Waals surface area contributed by atoms with Gasteiger partial charge in [-0.2, -0.15) is 0 Å². The zero-order chi connectivity index (χ0) is 18.9. The van der Waals surface area contributed by atoms with Crippen LogP contribution in [0.5, 0.6) is 5.75 Å². The molecule has 0 fully saturated rings. The number of hydrogen-bond donors (Lipinski definition) is 1. The maximum absolute atomic E-state index is 12.3. The number of aryl methyl sites for hydroxylation is 1. The quantitative estimate of drug-likeness (QED) is 0.564. The summed E-state index contributed by atoms with van der Waals surface area (Å²) < 4.78 is 10.8. The van der Waals surface area contributed by atoms with Crippen molar-refractivity contribution in [3.63, 3.8) is 0 Å². The topological polar surface area (TPSA) is 64.6 Å². The van der Waals surface area contributed by atoms with E-state index in [4.69, 9.17) is 9.47 Å². The van der Waals surface area contributed by atoms with Crippen molar-refractivity contribution in [2.45, 2.75) is 39.7 Å². The SMILES string of the molecule is CCCCOC(=O)c1cccc(NC(=O)C(C)Oc2ccc(C)cc2)c1. The van der Waals surface area contributed by atoms with Crippen LogP contribution in [0.4, 0.5) is 5.69 Å². The monoisotopic (exact) mass is 355 g/mol. The van der Waals surface area contributed by atoms with E-state index in [1.807, 2.05) is 38.1 Å². The first-order valence-electron chi connectivity index (χ1n) is 8.81. The number of unbranched alkanes of at least 4 members (excludes halogenated alkanes) is 1. The Balaban J connectivity index is 1.94. The van der Waals surface area contributed by atoms with Gasteiger partial charge in [-0.3, -0.25) is 4.79 Å². The molecule has 0 saturated carbocycles. The number of esters is 1. The number of carbonyl (C=O) groups excluding carboxylic acids is 2. The molecule has 0 saturated heterocycles. The molecule has 5 nitrogen and oxygen atoms in total. The van der Waals surface area contributed by atoms with E-state index in [-0.39, 0.29) is 5.91 Å². The van der Waals surface area contributed by atoms with Crippen molar-refractivity contribution < 1.29 is 19.1 Å². The van der Waals surface area contributed by atoms with Gasteiger partial charge in [0.1, 0.15) is 5.75 Å². The molecule has 0 bridgehead atoms. The van der Waals surface area contributed by atoms with Crippen LogP contribution in [0.2, 0.25) is 0 Å². The minimum Gasteiger partial charge on any atom is -0.481 e. The lowest BCUT2D eigenvalue weighted by molar-refractivity contribution is -0.122. The Morgan fingerprint density at radius 1 is 1.12 bits per heavy atom. The largest absolute Gasteiger partial charge is 0.481 e. The molecule has 0 aliphatic carbocycles. The van der Waals surface area contributed by atoms with Gasteiger partial charge in [0.15, 0.2) is 6.10 Å². The summed E-state index contributed by atoms with van der Waals surface area (Å²) in [5.74, 6) is -0.0490. The summed E-state index contributed by atoms with van der Waals surface area (Å²) in [7, 11) is 0. The Morgan fingerprint density at radius 2 is 1.85 bits per heavy atom. The molecule has 0 radical (unpaired) electrons. The van der Waals surface area contributed by atoms with Crippen LogP contribution in [-0.4, -0.2) is 24.6 Å². The van der Waals surface area contributed by atoms with Gasteiger partial charge in [0, 0.05) is 5.69 Å². The molecule has 0 aliphatic rings. The molecular formula is C21H25NO4. The highest BCUT2D eigenvalue weighted by molar-refractivity contribution is 5.96. The molecular weight excluding hydrogens is 330 g/mol. The van der Waals surface area contributed by atoms with Crippen LogP contribution in [0.25, 0.3) is 0 Å². The van der Waals surface area contributed by atoms with Crippen LogP contribution < -0.4 is 10.1 Å². The summed E-state index contributed by atoms with van der Waals surface area (Å²) in [5, 5.41) is 2.76. The zero-order valence-electron chi connectivity index (χ0n) is 15.5. The summed E-state index contributed by atoms with van der Waals surface area (Å²) >= 11 is 0. The van der Waals surface area contributed by atoms with E-state index in [9.17, 15) is 9.59 Å². The normalized spacial score (nSPS) is 11.5. The smallest absolute Gasteiger partial charge is 0.338 e. The molecule has 1 atom stereocenters. The van der Waals surface area contributed by atoms with E-state index < -0.39 is 12.1 Å². The van der Waals surface area contributed by atoms with Crippen molar-refractivity contribution >= 4 is 17.6 Å². The number of hydrogen-bond acceptors (Lipinski definition) is 4. The van der Waals surface area contributed by atoms with Crippen LogP contribution in [-0.2, 0) is 9.53 Å². The van der Waals surface area contributed by atoms with Crippen molar-refractivity contribution in [3.05, 3.63) is 59.7 Å². The first-order valence-corrected chi connectivity index (χ1v) is 8.81. The fourth-order valence-corrected chi connectivity index (χ4v) is 2.23. The summed E-state index contributed by atoms with van der Waals surface area (Å²) in [6.45, 7) is 6.09. The molecule has 0 spiro atoms. The van der Waals surface area contributed by atoms with E-state index in [2.05, 4.69) is 5.32 Å². The fraction of sp³-hybridized carbons (Fsp3) is 0.333. The molecule has 2 rings (SSSR count). The third kappa shape index (κ3) is 5.92. The molecule has 2 aromatic carbocycles. The average Bonchev–Trinajstić information content (AvgIpc) is 2.64. The highest BCUT2D eigenvalue weighted by atomic mass is 16.5. The Bertz CT molecular complexity index is 740. The standard InChI is InChI=1S/C21H25NO4/c1-4-5-13-25-21(24)17-7-6-8-18(14-17)22-20(23)16(3)26-19-11-9-15(2)10-12-19/h6-12,14,16H,4-5,13H2,1-3H3,(H,22,23). The van der Waals surface area contributed by atoms with Gasteiger partial charge in [-0.1, -0.05) is 37.1 Å². The number of ether oxygens (including phenoxy) is 2. The van der Waals surface area contributed by atoms with Crippen molar-refractivity contribution in [2.75, 3.05) is 11.9 Å². The molecule has 1 amide bonds. The first-order chi connectivity index (χ1) is 12.5. The van der Waals surface area contributed by atoms with Gasteiger partial charge < -0.3 is 14.8 Å². The third-order valence-electron chi connectivity index (χ3n) is 3.80. The zero-order valence-corrected chi connectivity index (χ0v) is 15.5. The van der Waals surface area contributed by atoms with Crippen molar-refractivity contribution in [3.8, 4) is 5.75 Å². The third-order valence-corrected chi connectivity index (χ3v) is 3.80. The van der Waals surface area contributed by atoms with Gasteiger partial charge in [0.25, 0.3) is 5.91 Å². The highest BCUT2D eigenvalue weighted by Gasteiger charge is 2.16. The van der Waals surface area contributed by atoms with E-state index in [1.165, 1.54) is 0 Å². The summed E-state index contributed by atoms with van der Waals surface area (Å²) in [6.07, 6.45) is 1.12. The summed E-state index contributed by atoms with van der Waals surface area (Å²) in [4.78, 5) is 24.3. The summed E-state index contributed by atoms with van der Waals surface area (Å²) in [6, 6.07) is 14.2. The van der Waals surface area contributed by atoms with Crippen molar-refractivity contribution in [2.24, 2.45) is 0 Å². The molecule has 5 heteroatoms. The Labute approximate surface area is 154 Å². The van der Waals surface area contributed by atoms with Crippen LogP contribution in [0, 0.1) is 6.92 Å². The number of nitrogens with one attached hydrogen (secondary N) is 1. The van der Waals surface area contributed by atoms with Crippen LogP contribution in [0.3, 0.4) is 0 Å². The predicted octanol–water partition coefficient (Wildman–Crippen LogP) is 4.36. The van der Waals surface area contributed by atoms with E-state index in [0.29, 0.717) is 23.6 Å². The second-order valence-electron chi connectivity index (χ2n) is 6.13.